The number of hydrogen-bond donors (Lipinski definition) is 2. The molecule has 22 heavy (non-hydrogen) atoms. The molecule has 3 unspecified atom stereocenters. The molecule has 0 bridgehead atoms. The second kappa shape index (κ2) is 6.99. The largest absolute Gasteiger partial charge is 0.480 e. The van der Waals surface area contributed by atoms with Gasteiger partial charge in [0.2, 0.25) is 5.91 Å². The third-order valence-electron chi connectivity index (χ3n) is 5.89. The van der Waals surface area contributed by atoms with Crippen LogP contribution >= 0.6 is 0 Å². The lowest BCUT2D eigenvalue weighted by molar-refractivity contribution is -0.150. The Morgan fingerprint density at radius 2 is 1.82 bits per heavy atom. The van der Waals surface area contributed by atoms with Gasteiger partial charge in [-0.15, -0.1) is 0 Å². The van der Waals surface area contributed by atoms with Crippen LogP contribution in [0.3, 0.4) is 0 Å². The molecule has 1 aliphatic carbocycles. The molecule has 2 heterocycles. The van der Waals surface area contributed by atoms with E-state index < -0.39 is 12.0 Å². The van der Waals surface area contributed by atoms with Crippen LogP contribution in [0.5, 0.6) is 0 Å². The lowest BCUT2D eigenvalue weighted by Crippen LogP contribution is -2.46. The molecule has 2 N–H and O–H groups in total. The highest BCUT2D eigenvalue weighted by molar-refractivity contribution is 5.84. The lowest BCUT2D eigenvalue weighted by Gasteiger charge is -2.33. The summed E-state index contributed by atoms with van der Waals surface area (Å²) >= 11 is 0. The Hall–Kier alpha value is -1.10. The van der Waals surface area contributed by atoms with Crippen LogP contribution in [0.4, 0.5) is 0 Å². The van der Waals surface area contributed by atoms with Crippen molar-refractivity contribution in [3.63, 3.8) is 0 Å². The van der Waals surface area contributed by atoms with Crippen molar-refractivity contribution in [3.8, 4) is 0 Å². The number of carboxylic acids is 1. The van der Waals surface area contributed by atoms with Crippen LogP contribution in [0.1, 0.15) is 57.8 Å². The fourth-order valence-electron chi connectivity index (χ4n) is 4.67. The topological polar surface area (TPSA) is 69.6 Å². The van der Waals surface area contributed by atoms with Crippen molar-refractivity contribution in [1.29, 1.82) is 0 Å². The minimum Gasteiger partial charge on any atom is -0.480 e. The summed E-state index contributed by atoms with van der Waals surface area (Å²) in [5.74, 6) is 0.306. The van der Waals surface area contributed by atoms with Crippen molar-refractivity contribution in [1.82, 2.24) is 10.2 Å². The number of fused-ring (bicyclic) bond motifs is 1. The van der Waals surface area contributed by atoms with Gasteiger partial charge in [-0.1, -0.05) is 12.8 Å². The number of nitrogens with one attached hydrogen (secondary N) is 1. The van der Waals surface area contributed by atoms with Gasteiger partial charge in [-0.05, 0) is 63.5 Å². The summed E-state index contributed by atoms with van der Waals surface area (Å²) in [5.41, 5.74) is 0. The average Bonchev–Trinajstić information content (AvgIpc) is 2.93. The molecule has 2 saturated heterocycles. The molecule has 3 aliphatic rings. The number of carboxylic acid groups (broad SMARTS) is 1. The Balaban J connectivity index is 1.61. The van der Waals surface area contributed by atoms with Crippen LogP contribution < -0.4 is 5.32 Å². The number of rotatable bonds is 4. The number of hydrogen-bond acceptors (Lipinski definition) is 3. The Morgan fingerprint density at radius 1 is 1.09 bits per heavy atom. The molecule has 0 radical (unpaired) electrons. The zero-order valence-electron chi connectivity index (χ0n) is 13.3. The summed E-state index contributed by atoms with van der Waals surface area (Å²) in [6.07, 6.45) is 8.79. The van der Waals surface area contributed by atoms with E-state index in [0.29, 0.717) is 24.7 Å². The summed E-state index contributed by atoms with van der Waals surface area (Å²) in [6.45, 7) is 2.09. The maximum absolute atomic E-state index is 12.7. The first-order chi connectivity index (χ1) is 10.7. The monoisotopic (exact) mass is 308 g/mol. The van der Waals surface area contributed by atoms with Crippen molar-refractivity contribution in [2.75, 3.05) is 13.1 Å². The van der Waals surface area contributed by atoms with Crippen LogP contribution in [0, 0.1) is 11.8 Å². The van der Waals surface area contributed by atoms with E-state index in [4.69, 9.17) is 0 Å². The van der Waals surface area contributed by atoms with Crippen LogP contribution in [0.25, 0.3) is 0 Å². The van der Waals surface area contributed by atoms with Gasteiger partial charge in [0.05, 0.1) is 0 Å². The minimum atomic E-state index is -0.815. The maximum atomic E-state index is 12.7. The zero-order chi connectivity index (χ0) is 15.5. The number of carbonyl (C=O) groups excluding carboxylic acids is 1. The molecule has 124 valence electrons. The maximum Gasteiger partial charge on any atom is 0.326 e. The number of piperidine rings is 1. The molecular formula is C17H28N2O3. The highest BCUT2D eigenvalue weighted by Crippen LogP contribution is 2.40. The first kappa shape index (κ1) is 15.8. The fourth-order valence-corrected chi connectivity index (χ4v) is 4.67. The van der Waals surface area contributed by atoms with Gasteiger partial charge in [0.1, 0.15) is 6.04 Å². The number of aliphatic carboxylic acids is 1. The second-order valence-electron chi connectivity index (χ2n) is 7.23. The van der Waals surface area contributed by atoms with Gasteiger partial charge >= 0.3 is 5.97 Å². The van der Waals surface area contributed by atoms with Gasteiger partial charge in [0.25, 0.3) is 0 Å². The molecule has 2 aliphatic heterocycles. The zero-order valence-corrected chi connectivity index (χ0v) is 13.3. The fraction of sp³-hybridized carbons (Fsp3) is 0.882. The molecule has 1 saturated carbocycles. The summed E-state index contributed by atoms with van der Waals surface area (Å²) < 4.78 is 0. The van der Waals surface area contributed by atoms with E-state index in [1.807, 2.05) is 0 Å². The normalized spacial score (nSPS) is 32.7. The number of likely N-dealkylation sites (tertiary alicyclic amines) is 1. The minimum absolute atomic E-state index is 0.0836. The van der Waals surface area contributed by atoms with E-state index in [2.05, 4.69) is 5.32 Å². The summed E-state index contributed by atoms with van der Waals surface area (Å²) in [6, 6.07) is -0.385. The van der Waals surface area contributed by atoms with Crippen molar-refractivity contribution in [2.45, 2.75) is 69.9 Å². The van der Waals surface area contributed by atoms with E-state index in [1.165, 1.54) is 6.42 Å². The van der Waals surface area contributed by atoms with E-state index in [-0.39, 0.29) is 11.9 Å². The molecule has 0 aromatic heterocycles. The Kier molecular flexibility index (Phi) is 5.01. The first-order valence-corrected chi connectivity index (χ1v) is 8.91. The van der Waals surface area contributed by atoms with Crippen molar-refractivity contribution < 1.29 is 14.7 Å². The number of amides is 1. The highest BCUT2D eigenvalue weighted by atomic mass is 16.4. The number of carbonyl (C=O) groups is 2. The highest BCUT2D eigenvalue weighted by Gasteiger charge is 2.47. The average molecular weight is 308 g/mol. The third kappa shape index (κ3) is 3.29. The van der Waals surface area contributed by atoms with Crippen molar-refractivity contribution in [2.24, 2.45) is 11.8 Å². The van der Waals surface area contributed by atoms with Gasteiger partial charge in [-0.2, -0.15) is 0 Å². The summed E-state index contributed by atoms with van der Waals surface area (Å²) in [5, 5.41) is 12.8. The molecule has 5 heteroatoms. The van der Waals surface area contributed by atoms with E-state index >= 15 is 0 Å². The van der Waals surface area contributed by atoms with Gasteiger partial charge in [0, 0.05) is 12.5 Å². The lowest BCUT2D eigenvalue weighted by atomic mass is 9.84. The van der Waals surface area contributed by atoms with Gasteiger partial charge in [0.15, 0.2) is 0 Å². The predicted molar refractivity (Wildman–Crippen MR) is 83.5 cm³/mol. The van der Waals surface area contributed by atoms with Gasteiger partial charge in [-0.3, -0.25) is 4.79 Å². The standard InChI is InChI=1S/C17H28N2O3/c20-16(6-5-12-7-9-18-10-8-12)19-14-4-2-1-3-13(14)11-15(19)17(21)22/h12-15,18H,1-11H2,(H,21,22). The van der Waals surface area contributed by atoms with Crippen molar-refractivity contribution in [3.05, 3.63) is 0 Å². The molecule has 0 aromatic carbocycles. The van der Waals surface area contributed by atoms with E-state index in [1.54, 1.807) is 4.90 Å². The summed E-state index contributed by atoms with van der Waals surface area (Å²) in [7, 11) is 0. The molecule has 3 atom stereocenters. The van der Waals surface area contributed by atoms with Crippen LogP contribution in [-0.4, -0.2) is 47.1 Å². The van der Waals surface area contributed by atoms with Gasteiger partial charge in [-0.25, -0.2) is 4.79 Å². The van der Waals surface area contributed by atoms with E-state index in [9.17, 15) is 14.7 Å². The quantitative estimate of drug-likeness (QED) is 0.833. The first-order valence-electron chi connectivity index (χ1n) is 8.91. The Labute approximate surface area is 132 Å². The Bertz CT molecular complexity index is 420. The smallest absolute Gasteiger partial charge is 0.326 e. The summed E-state index contributed by atoms with van der Waals surface area (Å²) in [4.78, 5) is 26.0. The molecule has 3 rings (SSSR count). The van der Waals surface area contributed by atoms with Crippen LogP contribution in [0.15, 0.2) is 0 Å². The molecule has 5 nitrogen and oxygen atoms in total. The SMILES string of the molecule is O=C(O)C1CC2CCCCC2N1C(=O)CCC1CCNCC1. The van der Waals surface area contributed by atoms with Crippen molar-refractivity contribution >= 4 is 11.9 Å². The Morgan fingerprint density at radius 3 is 2.55 bits per heavy atom. The number of nitrogens with zero attached hydrogens (tertiary/aromatic N) is 1. The van der Waals surface area contributed by atoms with Crippen LogP contribution in [-0.2, 0) is 9.59 Å². The molecule has 0 aromatic rings. The molecule has 3 fully saturated rings. The van der Waals surface area contributed by atoms with Gasteiger partial charge < -0.3 is 15.3 Å². The third-order valence-corrected chi connectivity index (χ3v) is 5.89. The molecular weight excluding hydrogens is 280 g/mol. The predicted octanol–water partition coefficient (Wildman–Crippen LogP) is 2.01. The van der Waals surface area contributed by atoms with Crippen LogP contribution in [0.2, 0.25) is 0 Å². The second-order valence-corrected chi connectivity index (χ2v) is 7.23. The van der Waals surface area contributed by atoms with E-state index in [0.717, 1.165) is 51.6 Å². The molecule has 0 spiro atoms. The molecule has 1 amide bonds.